The zero-order chi connectivity index (χ0) is 20.6. The average molecular weight is 446 g/mol. The number of thioether (sulfide) groups is 1. The van der Waals surface area contributed by atoms with E-state index in [2.05, 4.69) is 0 Å². The molecule has 0 amide bonds. The molecule has 3 aromatic carbocycles. The molecule has 4 nitrogen and oxygen atoms in total. The number of rotatable bonds is 5. The Balaban J connectivity index is 1.74. The van der Waals surface area contributed by atoms with Gasteiger partial charge in [-0.05, 0) is 54.4 Å². The van der Waals surface area contributed by atoms with E-state index in [1.165, 1.54) is 0 Å². The van der Waals surface area contributed by atoms with Crippen molar-refractivity contribution in [1.82, 2.24) is 4.31 Å². The number of ether oxygens (including phenoxy) is 1. The first-order chi connectivity index (χ1) is 13.9. The zero-order valence-electron chi connectivity index (χ0n) is 15.9. The molecule has 3 aromatic rings. The van der Waals surface area contributed by atoms with Gasteiger partial charge in [0.2, 0.25) is 10.0 Å². The SMILES string of the molecule is COc1ccc([C@H]2S[C@@H](c3ccc(Cl)cc3)N2S(=O)(=O)c2ccc(C)cc2)cc1. The molecule has 0 spiro atoms. The van der Waals surface area contributed by atoms with Crippen LogP contribution in [0.25, 0.3) is 0 Å². The Labute approximate surface area is 180 Å². The summed E-state index contributed by atoms with van der Waals surface area (Å²) >= 11 is 7.61. The molecule has 150 valence electrons. The summed E-state index contributed by atoms with van der Waals surface area (Å²) in [5, 5.41) is -0.00345. The molecule has 1 fully saturated rings. The van der Waals surface area contributed by atoms with E-state index in [-0.39, 0.29) is 10.7 Å². The Kier molecular flexibility index (Phi) is 5.62. The fraction of sp³-hybridized carbons (Fsp3) is 0.182. The minimum atomic E-state index is -3.69. The van der Waals surface area contributed by atoms with Gasteiger partial charge in [-0.1, -0.05) is 53.6 Å². The van der Waals surface area contributed by atoms with Crippen LogP contribution in [0.2, 0.25) is 5.02 Å². The van der Waals surface area contributed by atoms with Crippen molar-refractivity contribution in [2.75, 3.05) is 7.11 Å². The second kappa shape index (κ2) is 8.03. The van der Waals surface area contributed by atoms with Gasteiger partial charge in [0.05, 0.1) is 22.8 Å². The molecule has 0 aromatic heterocycles. The van der Waals surface area contributed by atoms with E-state index in [0.29, 0.717) is 9.92 Å². The quantitative estimate of drug-likeness (QED) is 0.498. The van der Waals surface area contributed by atoms with Gasteiger partial charge in [-0.3, -0.25) is 0 Å². The van der Waals surface area contributed by atoms with Crippen molar-refractivity contribution >= 4 is 33.4 Å². The number of benzene rings is 3. The van der Waals surface area contributed by atoms with Crippen LogP contribution >= 0.6 is 23.4 Å². The standard InChI is InChI=1S/C22H20ClNO3S2/c1-15-3-13-20(14-4-15)29(25,26)24-21(16-5-9-18(23)10-6-16)28-22(24)17-7-11-19(27-2)12-8-17/h3-14,21-22H,1-2H3/t21-,22+/m0/s1. The second-order valence-corrected chi connectivity index (χ2v) is 10.3. The largest absolute Gasteiger partial charge is 0.497 e. The molecule has 0 radical (unpaired) electrons. The van der Waals surface area contributed by atoms with Gasteiger partial charge in [-0.2, -0.15) is 4.31 Å². The fourth-order valence-corrected chi connectivity index (χ4v) is 6.97. The topological polar surface area (TPSA) is 46.6 Å². The molecule has 0 unspecified atom stereocenters. The van der Waals surface area contributed by atoms with E-state index >= 15 is 0 Å². The fourth-order valence-electron chi connectivity index (χ4n) is 3.23. The van der Waals surface area contributed by atoms with Crippen molar-refractivity contribution in [3.63, 3.8) is 0 Å². The maximum Gasteiger partial charge on any atom is 0.245 e. The number of aryl methyl sites for hydroxylation is 1. The predicted octanol–water partition coefficient (Wildman–Crippen LogP) is 5.79. The highest BCUT2D eigenvalue weighted by molar-refractivity contribution is 8.03. The molecule has 7 heteroatoms. The van der Waals surface area contributed by atoms with Gasteiger partial charge >= 0.3 is 0 Å². The van der Waals surface area contributed by atoms with Crippen LogP contribution in [0.3, 0.4) is 0 Å². The third-order valence-electron chi connectivity index (χ3n) is 4.87. The molecule has 1 saturated heterocycles. The molecule has 2 atom stereocenters. The van der Waals surface area contributed by atoms with Gasteiger partial charge in [0.15, 0.2) is 0 Å². The lowest BCUT2D eigenvalue weighted by Crippen LogP contribution is -2.43. The van der Waals surface area contributed by atoms with Crippen molar-refractivity contribution in [1.29, 1.82) is 0 Å². The molecule has 0 saturated carbocycles. The number of halogens is 1. The van der Waals surface area contributed by atoms with Crippen molar-refractivity contribution in [2.24, 2.45) is 0 Å². The van der Waals surface area contributed by atoms with Crippen LogP contribution in [0, 0.1) is 6.92 Å². The molecule has 1 aliphatic heterocycles. The van der Waals surface area contributed by atoms with Crippen molar-refractivity contribution in [2.45, 2.75) is 22.6 Å². The van der Waals surface area contributed by atoms with Crippen LogP contribution in [-0.2, 0) is 10.0 Å². The Morgan fingerprint density at radius 1 is 0.862 bits per heavy atom. The Morgan fingerprint density at radius 2 is 1.38 bits per heavy atom. The first-order valence-corrected chi connectivity index (χ1v) is 11.8. The van der Waals surface area contributed by atoms with E-state index in [0.717, 1.165) is 22.4 Å². The molecule has 0 bridgehead atoms. The molecule has 1 aliphatic rings. The summed E-state index contributed by atoms with van der Waals surface area (Å²) in [6, 6.07) is 21.8. The minimum absolute atomic E-state index is 0.292. The van der Waals surface area contributed by atoms with Crippen LogP contribution < -0.4 is 4.74 Å². The predicted molar refractivity (Wildman–Crippen MR) is 118 cm³/mol. The molecule has 4 rings (SSSR count). The van der Waals surface area contributed by atoms with Gasteiger partial charge in [0.25, 0.3) is 0 Å². The van der Waals surface area contributed by atoms with Gasteiger partial charge in [-0.25, -0.2) is 8.42 Å². The van der Waals surface area contributed by atoms with Gasteiger partial charge < -0.3 is 4.74 Å². The number of methoxy groups -OCH3 is 1. The first kappa shape index (κ1) is 20.3. The highest BCUT2D eigenvalue weighted by Gasteiger charge is 2.49. The van der Waals surface area contributed by atoms with Crippen molar-refractivity contribution in [3.8, 4) is 5.75 Å². The van der Waals surface area contributed by atoms with E-state index in [1.807, 2.05) is 55.5 Å². The monoisotopic (exact) mass is 445 g/mol. The van der Waals surface area contributed by atoms with Crippen LogP contribution in [0.5, 0.6) is 5.75 Å². The summed E-state index contributed by atoms with van der Waals surface area (Å²) in [5.41, 5.74) is 2.83. The van der Waals surface area contributed by atoms with E-state index in [1.54, 1.807) is 47.4 Å². The molecular formula is C22H20ClNO3S2. The van der Waals surface area contributed by atoms with E-state index < -0.39 is 10.0 Å². The highest BCUT2D eigenvalue weighted by atomic mass is 35.5. The van der Waals surface area contributed by atoms with Gasteiger partial charge in [0.1, 0.15) is 5.75 Å². The lowest BCUT2D eigenvalue weighted by atomic mass is 10.1. The third kappa shape index (κ3) is 3.90. The second-order valence-electron chi connectivity index (χ2n) is 6.81. The number of sulfonamides is 1. The van der Waals surface area contributed by atoms with Gasteiger partial charge in [-0.15, -0.1) is 11.8 Å². The van der Waals surface area contributed by atoms with Crippen LogP contribution in [-0.4, -0.2) is 19.8 Å². The molecular weight excluding hydrogens is 426 g/mol. The number of hydrogen-bond donors (Lipinski definition) is 0. The molecule has 1 heterocycles. The summed E-state index contributed by atoms with van der Waals surface area (Å²) in [7, 11) is -2.08. The Bertz CT molecular complexity index is 1100. The summed E-state index contributed by atoms with van der Waals surface area (Å²) < 4.78 is 33.9. The zero-order valence-corrected chi connectivity index (χ0v) is 18.3. The Hall–Kier alpha value is -1.99. The van der Waals surface area contributed by atoms with Crippen LogP contribution in [0.15, 0.2) is 77.7 Å². The van der Waals surface area contributed by atoms with E-state index in [4.69, 9.17) is 16.3 Å². The lowest BCUT2D eigenvalue weighted by molar-refractivity contribution is 0.343. The first-order valence-electron chi connectivity index (χ1n) is 9.05. The number of nitrogens with zero attached hydrogens (tertiary/aromatic N) is 1. The summed E-state index contributed by atoms with van der Waals surface area (Å²) in [6.45, 7) is 1.94. The highest BCUT2D eigenvalue weighted by Crippen LogP contribution is 2.59. The lowest BCUT2D eigenvalue weighted by Gasteiger charge is -2.46. The third-order valence-corrected chi connectivity index (χ3v) is 8.75. The maximum atomic E-state index is 13.5. The summed E-state index contributed by atoms with van der Waals surface area (Å²) in [5.74, 6) is 0.736. The van der Waals surface area contributed by atoms with Crippen molar-refractivity contribution < 1.29 is 13.2 Å². The summed E-state index contributed by atoms with van der Waals surface area (Å²) in [6.07, 6.45) is 0. The average Bonchev–Trinajstić information content (AvgIpc) is 2.69. The van der Waals surface area contributed by atoms with Gasteiger partial charge in [0, 0.05) is 5.02 Å². The Morgan fingerprint density at radius 3 is 1.90 bits per heavy atom. The van der Waals surface area contributed by atoms with E-state index in [9.17, 15) is 8.42 Å². The van der Waals surface area contributed by atoms with Crippen molar-refractivity contribution in [3.05, 3.63) is 94.5 Å². The molecule has 29 heavy (non-hydrogen) atoms. The minimum Gasteiger partial charge on any atom is -0.497 e. The molecule has 0 N–H and O–H groups in total. The van der Waals surface area contributed by atoms with Crippen LogP contribution in [0.1, 0.15) is 27.4 Å². The number of hydrogen-bond acceptors (Lipinski definition) is 4. The summed E-state index contributed by atoms with van der Waals surface area (Å²) in [4.78, 5) is 0.292. The maximum absolute atomic E-state index is 13.5. The smallest absolute Gasteiger partial charge is 0.245 e. The van der Waals surface area contributed by atoms with Crippen LogP contribution in [0.4, 0.5) is 0 Å². The normalized spacial score (nSPS) is 19.6. The molecule has 0 aliphatic carbocycles.